The normalized spacial score (nSPS) is 16.1. The number of ketones is 1. The van der Waals surface area contributed by atoms with Gasteiger partial charge in [0.1, 0.15) is 23.4 Å². The second-order valence-electron chi connectivity index (χ2n) is 16.4. The second kappa shape index (κ2) is 24.7. The van der Waals surface area contributed by atoms with Gasteiger partial charge >= 0.3 is 11.9 Å². The van der Waals surface area contributed by atoms with E-state index in [4.69, 9.17) is 33.2 Å². The quantitative estimate of drug-likeness (QED) is 0.0531. The lowest BCUT2D eigenvalue weighted by Gasteiger charge is -2.37. The molecule has 3 aromatic rings. The average molecular weight is 886 g/mol. The molecule has 0 fully saturated rings. The third-order valence-electron chi connectivity index (χ3n) is 11.3. The molecule has 6 rings (SSSR count). The first-order chi connectivity index (χ1) is 30.6. The van der Waals surface area contributed by atoms with E-state index in [-0.39, 0.29) is 37.6 Å². The van der Waals surface area contributed by atoms with Crippen LogP contribution in [0.4, 0.5) is 11.4 Å². The van der Waals surface area contributed by atoms with Crippen LogP contribution < -0.4 is 19.9 Å². The van der Waals surface area contributed by atoms with E-state index in [2.05, 4.69) is 17.5 Å². The van der Waals surface area contributed by atoms with Crippen molar-refractivity contribution in [3.63, 3.8) is 0 Å². The fraction of sp³-hybridized carbons (Fsp3) is 0.520. The van der Waals surface area contributed by atoms with E-state index in [0.29, 0.717) is 124 Å². The third kappa shape index (κ3) is 13.2. The maximum absolute atomic E-state index is 13.6. The lowest BCUT2D eigenvalue weighted by Crippen LogP contribution is -2.33. The van der Waals surface area contributed by atoms with Gasteiger partial charge in [0.05, 0.1) is 51.8 Å². The molecule has 3 aliphatic rings. The molecular weight excluding hydrogens is 819 g/mol. The van der Waals surface area contributed by atoms with E-state index in [0.717, 1.165) is 43.5 Å². The number of nitrogens with zero attached hydrogens (tertiary/aromatic N) is 2. The first-order valence-corrected chi connectivity index (χ1v) is 22.2. The number of ether oxygens (including phenoxy) is 7. The number of nitrogens with one attached hydrogen (secondary N) is 1. The van der Waals surface area contributed by atoms with Crippen molar-refractivity contribution in [2.75, 3.05) is 97.4 Å². The van der Waals surface area contributed by atoms with Crippen LogP contribution in [0.1, 0.15) is 109 Å². The van der Waals surface area contributed by atoms with Crippen LogP contribution in [0.15, 0.2) is 66.7 Å². The number of carbonyl (C=O) groups is 4. The highest BCUT2D eigenvalue weighted by Gasteiger charge is 2.53. The molecular formula is C50H67N3O11. The zero-order valence-electron chi connectivity index (χ0n) is 37.2. The molecule has 1 atom stereocenters. The van der Waals surface area contributed by atoms with Crippen molar-refractivity contribution in [1.82, 2.24) is 5.32 Å². The van der Waals surface area contributed by atoms with Crippen LogP contribution in [0.5, 0.6) is 11.5 Å². The van der Waals surface area contributed by atoms with Crippen LogP contribution in [0.2, 0.25) is 0 Å². The Morgan fingerprint density at radius 2 is 1.28 bits per heavy atom. The number of benzene rings is 3. The summed E-state index contributed by atoms with van der Waals surface area (Å²) in [5.41, 5.74) is 3.29. The fourth-order valence-corrected chi connectivity index (χ4v) is 7.87. The van der Waals surface area contributed by atoms with Crippen molar-refractivity contribution in [2.24, 2.45) is 0 Å². The summed E-state index contributed by atoms with van der Waals surface area (Å²) >= 11 is 0. The minimum Gasteiger partial charge on any atom is -0.462 e. The number of carbonyl (C=O) groups excluding carboxylic acids is 4. The lowest BCUT2D eigenvalue weighted by molar-refractivity contribution is -0.150. The Morgan fingerprint density at radius 3 is 1.92 bits per heavy atom. The zero-order valence-corrected chi connectivity index (χ0v) is 37.2. The molecule has 0 bridgehead atoms. The maximum atomic E-state index is 13.6. The van der Waals surface area contributed by atoms with Gasteiger partial charge < -0.3 is 48.3 Å². The number of fused-ring (bicyclic) bond motifs is 6. The van der Waals surface area contributed by atoms with E-state index < -0.39 is 11.6 Å². The number of Topliss-reactive ketones (excluding diaryl/α,β-unsaturated/α-hetero) is 1. The minimum absolute atomic E-state index is 0. The van der Waals surface area contributed by atoms with Gasteiger partial charge in [-0.3, -0.25) is 14.4 Å². The molecule has 1 aliphatic carbocycles. The van der Waals surface area contributed by atoms with Crippen molar-refractivity contribution in [1.29, 1.82) is 0 Å². The van der Waals surface area contributed by atoms with E-state index >= 15 is 0 Å². The molecule has 0 aromatic heterocycles. The highest BCUT2D eigenvalue weighted by atomic mass is 16.6. The van der Waals surface area contributed by atoms with Crippen LogP contribution in [0.25, 0.3) is 0 Å². The zero-order chi connectivity index (χ0) is 44.6. The van der Waals surface area contributed by atoms with Crippen LogP contribution in [-0.4, -0.2) is 117 Å². The van der Waals surface area contributed by atoms with Crippen LogP contribution in [-0.2, 0) is 43.6 Å². The Labute approximate surface area is 378 Å². The molecule has 3 aromatic carbocycles. The van der Waals surface area contributed by atoms with Gasteiger partial charge in [-0.25, -0.2) is 4.79 Å². The SMILES string of the molecule is C.CN(C)c1ccc2c(c1)Oc1cc(N(C)C)ccc1C21OC(=O)c2cc(C(=O)NCCCC(=O)CCOCCOCCOCCOCCCC(=O)OC3CC/C=C/CCC3)ccc21. The van der Waals surface area contributed by atoms with Crippen molar-refractivity contribution in [3.8, 4) is 11.5 Å². The molecule has 14 nitrogen and oxygen atoms in total. The van der Waals surface area contributed by atoms with E-state index in [1.54, 1.807) is 18.2 Å². The largest absolute Gasteiger partial charge is 0.462 e. The maximum Gasteiger partial charge on any atom is 0.340 e. The van der Waals surface area contributed by atoms with Gasteiger partial charge in [0.25, 0.3) is 5.91 Å². The summed E-state index contributed by atoms with van der Waals surface area (Å²) in [7, 11) is 7.80. The lowest BCUT2D eigenvalue weighted by atomic mass is 9.77. The first-order valence-electron chi connectivity index (χ1n) is 22.2. The molecule has 348 valence electrons. The van der Waals surface area contributed by atoms with Gasteiger partial charge in [0.15, 0.2) is 5.60 Å². The molecule has 2 aliphatic heterocycles. The molecule has 1 amide bonds. The number of anilines is 2. The van der Waals surface area contributed by atoms with Crippen molar-refractivity contribution in [2.45, 2.75) is 83.3 Å². The van der Waals surface area contributed by atoms with Crippen molar-refractivity contribution < 1.29 is 52.3 Å². The highest BCUT2D eigenvalue weighted by Crippen LogP contribution is 2.57. The molecule has 1 unspecified atom stereocenters. The second-order valence-corrected chi connectivity index (χ2v) is 16.4. The topological polar surface area (TPSA) is 151 Å². The summed E-state index contributed by atoms with van der Waals surface area (Å²) in [6, 6.07) is 16.7. The van der Waals surface area contributed by atoms with Crippen molar-refractivity contribution >= 4 is 35.0 Å². The number of allylic oxidation sites excluding steroid dienone is 2. The number of rotatable bonds is 24. The molecule has 2 heterocycles. The number of hydrogen-bond donors (Lipinski definition) is 1. The Morgan fingerprint density at radius 1 is 0.688 bits per heavy atom. The molecule has 0 radical (unpaired) electrons. The number of hydrogen-bond acceptors (Lipinski definition) is 13. The summed E-state index contributed by atoms with van der Waals surface area (Å²) < 4.78 is 40.6. The minimum atomic E-state index is -1.25. The molecule has 1 N–H and O–H groups in total. The van der Waals surface area contributed by atoms with Crippen LogP contribution in [0.3, 0.4) is 0 Å². The summed E-state index contributed by atoms with van der Waals surface area (Å²) in [6.07, 6.45) is 11.3. The van der Waals surface area contributed by atoms with E-state index in [1.807, 2.05) is 74.4 Å². The van der Waals surface area contributed by atoms with E-state index in [1.165, 1.54) is 0 Å². The molecule has 1 spiro atoms. The fourth-order valence-electron chi connectivity index (χ4n) is 7.87. The van der Waals surface area contributed by atoms with Gasteiger partial charge in [-0.15, -0.1) is 0 Å². The van der Waals surface area contributed by atoms with E-state index in [9.17, 15) is 19.2 Å². The van der Waals surface area contributed by atoms with Gasteiger partial charge in [-0.05, 0) is 81.3 Å². The first kappa shape index (κ1) is 49.7. The molecule has 0 saturated heterocycles. The molecule has 64 heavy (non-hydrogen) atoms. The van der Waals surface area contributed by atoms with Gasteiger partial charge in [0.2, 0.25) is 0 Å². The Bertz CT molecular complexity index is 2010. The Hall–Kier alpha value is -5.28. The Balaban J connectivity index is 0.00000771. The summed E-state index contributed by atoms with van der Waals surface area (Å²) in [5, 5.41) is 2.88. The highest BCUT2D eigenvalue weighted by molar-refractivity contribution is 6.01. The summed E-state index contributed by atoms with van der Waals surface area (Å²) in [4.78, 5) is 55.4. The van der Waals surface area contributed by atoms with Crippen molar-refractivity contribution in [3.05, 3.63) is 94.6 Å². The molecule has 0 saturated carbocycles. The number of amides is 1. The predicted octanol–water partition coefficient (Wildman–Crippen LogP) is 7.77. The number of esters is 2. The third-order valence-corrected chi connectivity index (χ3v) is 11.3. The van der Waals surface area contributed by atoms with Crippen LogP contribution >= 0.6 is 0 Å². The van der Waals surface area contributed by atoms with Crippen LogP contribution in [0, 0.1) is 0 Å². The monoisotopic (exact) mass is 885 g/mol. The predicted molar refractivity (Wildman–Crippen MR) is 246 cm³/mol. The summed E-state index contributed by atoms with van der Waals surface area (Å²) in [6.45, 7) is 3.56. The summed E-state index contributed by atoms with van der Waals surface area (Å²) in [5.74, 6) is 0.191. The average Bonchev–Trinajstić information content (AvgIpc) is 3.55. The smallest absolute Gasteiger partial charge is 0.340 e. The van der Waals surface area contributed by atoms with Gasteiger partial charge in [0, 0.05) is 106 Å². The molecule has 14 heteroatoms. The van der Waals surface area contributed by atoms with Gasteiger partial charge in [-0.1, -0.05) is 25.6 Å². The van der Waals surface area contributed by atoms with Gasteiger partial charge in [-0.2, -0.15) is 0 Å². The Kier molecular flexibility index (Phi) is 19.2. The standard InChI is InChI=1S/C49H63N3O11.CH4/c1-51(2)36-17-20-42-44(33-36)62-45-34-37(52(3)4)18-21-43(45)49(42)41-19-16-35(32-40(41)48(56)63-49)47(55)50-23-10-12-38(53)22-25-58-27-29-60-31-30-59-28-26-57-24-11-15-46(54)61-39-13-8-6-5-7-9-14-39;/h5-6,16-21,32-34,39H,7-15,22-31H2,1-4H3,(H,50,55);1H4/b6-5+;.